The Morgan fingerprint density at radius 3 is 2.24 bits per heavy atom. The second kappa shape index (κ2) is 9.41. The van der Waals surface area contributed by atoms with Gasteiger partial charge in [-0.05, 0) is 36.4 Å². The first-order valence-corrected chi connectivity index (χ1v) is 11.2. The van der Waals surface area contributed by atoms with Gasteiger partial charge in [0.2, 0.25) is 5.91 Å². The van der Waals surface area contributed by atoms with Crippen LogP contribution in [0.25, 0.3) is 0 Å². The average Bonchev–Trinajstić information content (AvgIpc) is 3.30. The predicted molar refractivity (Wildman–Crippen MR) is 116 cm³/mol. The average molecular weight is 413 g/mol. The molecule has 2 saturated heterocycles. The fourth-order valence-electron chi connectivity index (χ4n) is 4.01. The number of hydrogen-bond acceptors (Lipinski definition) is 5. The van der Waals surface area contributed by atoms with Crippen LogP contribution >= 0.6 is 11.3 Å². The summed E-state index contributed by atoms with van der Waals surface area (Å²) in [5.41, 5.74) is 1.16. The first-order chi connectivity index (χ1) is 14.2. The third kappa shape index (κ3) is 5.16. The third-order valence-electron chi connectivity index (χ3n) is 5.74. The molecule has 2 aromatic rings. The molecule has 1 aromatic heterocycles. The minimum absolute atomic E-state index is 0.0834. The fourth-order valence-corrected chi connectivity index (χ4v) is 4.70. The molecule has 1 aromatic carbocycles. The fraction of sp³-hybridized carbons (Fsp3) is 0.455. The molecular weight excluding hydrogens is 384 g/mol. The Bertz CT molecular complexity index is 795. The van der Waals surface area contributed by atoms with Crippen LogP contribution in [0.3, 0.4) is 0 Å². The van der Waals surface area contributed by atoms with Crippen molar-refractivity contribution in [1.82, 2.24) is 14.7 Å². The van der Waals surface area contributed by atoms with E-state index in [-0.39, 0.29) is 11.8 Å². The number of likely N-dealkylation sites (tertiary alicyclic amines) is 1. The Balaban J connectivity index is 1.18. The van der Waals surface area contributed by atoms with Crippen LogP contribution in [0.15, 0.2) is 47.8 Å². The molecule has 0 radical (unpaired) electrons. The van der Waals surface area contributed by atoms with Gasteiger partial charge in [-0.15, -0.1) is 11.3 Å². The first-order valence-electron chi connectivity index (χ1n) is 10.3. The van der Waals surface area contributed by atoms with Gasteiger partial charge in [-0.2, -0.15) is 0 Å². The lowest BCUT2D eigenvalue weighted by molar-refractivity contribution is -0.134. The van der Waals surface area contributed by atoms with Gasteiger partial charge in [0.25, 0.3) is 5.91 Å². The van der Waals surface area contributed by atoms with Gasteiger partial charge in [0.05, 0.1) is 11.4 Å². The summed E-state index contributed by atoms with van der Waals surface area (Å²) in [5.74, 6) is 0.266. The Hall–Kier alpha value is -2.38. The Morgan fingerprint density at radius 2 is 1.59 bits per heavy atom. The van der Waals surface area contributed by atoms with E-state index in [2.05, 4.69) is 22.3 Å². The lowest BCUT2D eigenvalue weighted by atomic mass is 10.0. The number of anilines is 1. The molecule has 29 heavy (non-hydrogen) atoms. The molecule has 6 nitrogen and oxygen atoms in total. The van der Waals surface area contributed by atoms with E-state index in [0.717, 1.165) is 36.5 Å². The number of benzene rings is 1. The van der Waals surface area contributed by atoms with Crippen molar-refractivity contribution < 1.29 is 9.59 Å². The van der Waals surface area contributed by atoms with E-state index < -0.39 is 0 Å². The highest BCUT2D eigenvalue weighted by atomic mass is 32.1. The highest BCUT2D eigenvalue weighted by Crippen LogP contribution is 2.17. The minimum Gasteiger partial charge on any atom is -0.382 e. The number of piperazine rings is 1. The second-order valence-electron chi connectivity index (χ2n) is 7.71. The summed E-state index contributed by atoms with van der Waals surface area (Å²) in [4.78, 5) is 31.9. The van der Waals surface area contributed by atoms with Crippen LogP contribution in [-0.4, -0.2) is 78.4 Å². The second-order valence-corrected chi connectivity index (χ2v) is 8.66. The summed E-state index contributed by atoms with van der Waals surface area (Å²) in [6.45, 7) is 4.85. The van der Waals surface area contributed by atoms with E-state index in [1.165, 1.54) is 11.3 Å². The summed E-state index contributed by atoms with van der Waals surface area (Å²) in [6, 6.07) is 14.5. The lowest BCUT2D eigenvalue weighted by Gasteiger charge is -2.37. The standard InChI is InChI=1S/C22H28N4O2S/c27-21(25-12-14-26(15-13-25)22(28)20-7-4-16-29-20)17-24-10-8-19(9-11-24)23-18-5-2-1-3-6-18/h1-7,16,19,23H,8-15,17H2. The van der Waals surface area contributed by atoms with E-state index in [9.17, 15) is 9.59 Å². The molecule has 7 heteroatoms. The van der Waals surface area contributed by atoms with E-state index >= 15 is 0 Å². The molecule has 0 unspecified atom stereocenters. The predicted octanol–water partition coefficient (Wildman–Crippen LogP) is 2.61. The maximum absolute atomic E-state index is 12.7. The van der Waals surface area contributed by atoms with Gasteiger partial charge in [-0.3, -0.25) is 14.5 Å². The van der Waals surface area contributed by atoms with E-state index in [1.54, 1.807) is 0 Å². The van der Waals surface area contributed by atoms with E-state index in [1.807, 2.05) is 45.5 Å². The number of para-hydroxylation sites is 1. The number of hydrogen-bond donors (Lipinski definition) is 1. The van der Waals surface area contributed by atoms with Gasteiger partial charge in [0, 0.05) is 51.0 Å². The maximum atomic E-state index is 12.7. The number of carbonyl (C=O) groups is 2. The quantitative estimate of drug-likeness (QED) is 0.820. The van der Waals surface area contributed by atoms with Crippen LogP contribution in [0.1, 0.15) is 22.5 Å². The van der Waals surface area contributed by atoms with Gasteiger partial charge in [0.1, 0.15) is 0 Å². The first kappa shape index (κ1) is 19.9. The molecule has 2 aliphatic rings. The topological polar surface area (TPSA) is 55.9 Å². The van der Waals surface area contributed by atoms with Crippen LogP contribution in [-0.2, 0) is 4.79 Å². The molecule has 4 rings (SSSR count). The number of amides is 2. The van der Waals surface area contributed by atoms with Crippen molar-refractivity contribution in [3.05, 3.63) is 52.7 Å². The number of nitrogens with one attached hydrogen (secondary N) is 1. The van der Waals surface area contributed by atoms with Gasteiger partial charge in [-0.1, -0.05) is 24.3 Å². The molecule has 0 atom stereocenters. The van der Waals surface area contributed by atoms with Crippen molar-refractivity contribution >= 4 is 28.8 Å². The molecule has 3 heterocycles. The van der Waals surface area contributed by atoms with Crippen molar-refractivity contribution in [1.29, 1.82) is 0 Å². The zero-order valence-corrected chi connectivity index (χ0v) is 17.4. The van der Waals surface area contributed by atoms with Crippen LogP contribution in [0.2, 0.25) is 0 Å². The maximum Gasteiger partial charge on any atom is 0.264 e. The van der Waals surface area contributed by atoms with Gasteiger partial charge in [-0.25, -0.2) is 0 Å². The number of rotatable bonds is 5. The molecule has 0 spiro atoms. The van der Waals surface area contributed by atoms with Gasteiger partial charge >= 0.3 is 0 Å². The summed E-state index contributed by atoms with van der Waals surface area (Å²) in [7, 11) is 0. The molecule has 2 amide bonds. The monoisotopic (exact) mass is 412 g/mol. The van der Waals surface area contributed by atoms with Crippen molar-refractivity contribution in [2.45, 2.75) is 18.9 Å². The minimum atomic E-state index is 0.0834. The smallest absolute Gasteiger partial charge is 0.264 e. The van der Waals surface area contributed by atoms with Crippen molar-refractivity contribution in [2.75, 3.05) is 51.1 Å². The zero-order chi connectivity index (χ0) is 20.1. The van der Waals surface area contributed by atoms with Crippen LogP contribution in [0, 0.1) is 0 Å². The SMILES string of the molecule is O=C(CN1CCC(Nc2ccccc2)CC1)N1CCN(C(=O)c2cccs2)CC1. The summed E-state index contributed by atoms with van der Waals surface area (Å²) in [5, 5.41) is 5.51. The highest BCUT2D eigenvalue weighted by Gasteiger charge is 2.27. The summed E-state index contributed by atoms with van der Waals surface area (Å²) < 4.78 is 0. The normalized spacial score (nSPS) is 18.6. The molecule has 1 N–H and O–H groups in total. The summed E-state index contributed by atoms with van der Waals surface area (Å²) >= 11 is 1.47. The van der Waals surface area contributed by atoms with Crippen molar-refractivity contribution in [3.8, 4) is 0 Å². The van der Waals surface area contributed by atoms with Crippen molar-refractivity contribution in [3.63, 3.8) is 0 Å². The lowest BCUT2D eigenvalue weighted by Crippen LogP contribution is -2.53. The van der Waals surface area contributed by atoms with Crippen LogP contribution < -0.4 is 5.32 Å². The molecule has 0 aliphatic carbocycles. The van der Waals surface area contributed by atoms with E-state index in [4.69, 9.17) is 0 Å². The van der Waals surface area contributed by atoms with E-state index in [0.29, 0.717) is 38.8 Å². The van der Waals surface area contributed by atoms with Gasteiger partial charge in [0.15, 0.2) is 0 Å². The number of piperidine rings is 1. The molecule has 2 aliphatic heterocycles. The van der Waals surface area contributed by atoms with Crippen LogP contribution in [0.5, 0.6) is 0 Å². The van der Waals surface area contributed by atoms with Gasteiger partial charge < -0.3 is 15.1 Å². The number of carbonyl (C=O) groups excluding carboxylic acids is 2. The Morgan fingerprint density at radius 1 is 0.897 bits per heavy atom. The van der Waals surface area contributed by atoms with Crippen LogP contribution in [0.4, 0.5) is 5.69 Å². The Kier molecular flexibility index (Phi) is 6.46. The molecule has 2 fully saturated rings. The molecule has 0 bridgehead atoms. The number of nitrogens with zero attached hydrogens (tertiary/aromatic N) is 3. The third-order valence-corrected chi connectivity index (χ3v) is 6.60. The van der Waals surface area contributed by atoms with Crippen molar-refractivity contribution in [2.24, 2.45) is 0 Å². The Labute approximate surface area is 176 Å². The zero-order valence-electron chi connectivity index (χ0n) is 16.6. The molecular formula is C22H28N4O2S. The summed E-state index contributed by atoms with van der Waals surface area (Å²) in [6.07, 6.45) is 2.09. The molecule has 0 saturated carbocycles. The number of thiophene rings is 1. The highest BCUT2D eigenvalue weighted by molar-refractivity contribution is 7.12. The largest absolute Gasteiger partial charge is 0.382 e. The molecule has 154 valence electrons.